The van der Waals surface area contributed by atoms with Crippen molar-refractivity contribution in [1.29, 1.82) is 0 Å². The predicted molar refractivity (Wildman–Crippen MR) is 63.0 cm³/mol. The fraction of sp³-hybridized carbons (Fsp3) is 1.00. The highest BCUT2D eigenvalue weighted by Crippen LogP contribution is 2.45. The monoisotopic (exact) mass is 214 g/mol. The van der Waals surface area contributed by atoms with Crippen molar-refractivity contribution in [3.63, 3.8) is 0 Å². The average molecular weight is 214 g/mol. The second kappa shape index (κ2) is 5.31. The Hall–Kier alpha value is -0.0800. The van der Waals surface area contributed by atoms with E-state index in [1.807, 2.05) is 0 Å². The molecule has 1 N–H and O–H groups in total. The third kappa shape index (κ3) is 2.73. The zero-order valence-electron chi connectivity index (χ0n) is 10.5. The van der Waals surface area contributed by atoms with Gasteiger partial charge >= 0.3 is 0 Å². The van der Waals surface area contributed by atoms with E-state index in [9.17, 15) is 5.11 Å². The van der Waals surface area contributed by atoms with Crippen LogP contribution in [0, 0.1) is 0 Å². The molecule has 2 heteroatoms. The summed E-state index contributed by atoms with van der Waals surface area (Å²) in [6.45, 7) is 7.14. The lowest BCUT2D eigenvalue weighted by molar-refractivity contribution is -0.0512. The van der Waals surface area contributed by atoms with Gasteiger partial charge in [-0.05, 0) is 19.3 Å². The molecule has 1 aliphatic rings. The minimum atomic E-state index is -0.574. The van der Waals surface area contributed by atoms with Crippen LogP contribution in [0.4, 0.5) is 0 Å². The first kappa shape index (κ1) is 13.0. The molecule has 0 aromatic carbocycles. The van der Waals surface area contributed by atoms with E-state index in [4.69, 9.17) is 4.74 Å². The Morgan fingerprint density at radius 2 is 1.87 bits per heavy atom. The van der Waals surface area contributed by atoms with E-state index in [0.29, 0.717) is 0 Å². The summed E-state index contributed by atoms with van der Waals surface area (Å²) < 4.78 is 5.51. The average Bonchev–Trinajstić information content (AvgIpc) is 3.05. The fourth-order valence-corrected chi connectivity index (χ4v) is 2.46. The molecular weight excluding hydrogens is 188 g/mol. The summed E-state index contributed by atoms with van der Waals surface area (Å²) in [7, 11) is 0. The Kier molecular flexibility index (Phi) is 4.60. The van der Waals surface area contributed by atoms with E-state index in [1.54, 1.807) is 0 Å². The van der Waals surface area contributed by atoms with E-state index < -0.39 is 5.60 Å². The highest BCUT2D eigenvalue weighted by Gasteiger charge is 2.58. The molecule has 1 heterocycles. The highest BCUT2D eigenvalue weighted by molar-refractivity contribution is 5.07. The molecule has 0 radical (unpaired) electrons. The molecule has 0 spiro atoms. The minimum absolute atomic E-state index is 0.200. The maximum atomic E-state index is 10.6. The third-order valence-electron chi connectivity index (χ3n) is 3.94. The van der Waals surface area contributed by atoms with Crippen LogP contribution in [0.1, 0.15) is 65.7 Å². The van der Waals surface area contributed by atoms with Gasteiger partial charge in [0.1, 0.15) is 5.60 Å². The van der Waals surface area contributed by atoms with Gasteiger partial charge in [0.15, 0.2) is 0 Å². The van der Waals surface area contributed by atoms with Gasteiger partial charge in [0.2, 0.25) is 0 Å². The van der Waals surface area contributed by atoms with E-state index in [2.05, 4.69) is 20.8 Å². The second-order valence-electron chi connectivity index (χ2n) is 4.83. The summed E-state index contributed by atoms with van der Waals surface area (Å²) in [4.78, 5) is 0. The minimum Gasteiger partial charge on any atom is -0.387 e. The molecule has 0 amide bonds. The largest absolute Gasteiger partial charge is 0.387 e. The van der Waals surface area contributed by atoms with Crippen LogP contribution in [0.2, 0.25) is 0 Å². The van der Waals surface area contributed by atoms with Crippen LogP contribution < -0.4 is 0 Å². The third-order valence-corrected chi connectivity index (χ3v) is 3.94. The molecule has 2 unspecified atom stereocenters. The summed E-state index contributed by atoms with van der Waals surface area (Å²) in [5.41, 5.74) is -0.774. The standard InChI is InChI=1S/C13H26O2/c1-4-7-8-9-10-12(14,5-2)13(6-3)11-15-13/h14H,4-11H2,1-3H3. The number of rotatable bonds is 8. The Balaban J connectivity index is 2.39. The first-order valence-electron chi connectivity index (χ1n) is 6.50. The van der Waals surface area contributed by atoms with Gasteiger partial charge in [0, 0.05) is 0 Å². The van der Waals surface area contributed by atoms with Crippen LogP contribution in [0.25, 0.3) is 0 Å². The molecule has 1 aliphatic heterocycles. The summed E-state index contributed by atoms with van der Waals surface area (Å²) >= 11 is 0. The van der Waals surface area contributed by atoms with Crippen molar-refractivity contribution in [3.05, 3.63) is 0 Å². The van der Waals surface area contributed by atoms with Gasteiger partial charge in [0.25, 0.3) is 0 Å². The predicted octanol–water partition coefficient (Wildman–Crippen LogP) is 3.28. The van der Waals surface area contributed by atoms with Crippen molar-refractivity contribution in [2.75, 3.05) is 6.61 Å². The van der Waals surface area contributed by atoms with Gasteiger partial charge in [0.05, 0.1) is 12.2 Å². The normalized spacial score (nSPS) is 28.8. The van der Waals surface area contributed by atoms with Gasteiger partial charge < -0.3 is 9.84 Å². The van der Waals surface area contributed by atoms with Crippen LogP contribution in [0.3, 0.4) is 0 Å². The van der Waals surface area contributed by atoms with Crippen molar-refractivity contribution < 1.29 is 9.84 Å². The Morgan fingerprint density at radius 3 is 2.27 bits per heavy atom. The molecule has 1 rings (SSSR count). The maximum Gasteiger partial charge on any atom is 0.120 e. The van der Waals surface area contributed by atoms with Gasteiger partial charge in [-0.2, -0.15) is 0 Å². The lowest BCUT2D eigenvalue weighted by atomic mass is 9.79. The SMILES string of the molecule is CCCCCCC(O)(CC)C1(CC)CO1. The molecule has 0 aliphatic carbocycles. The number of epoxide rings is 1. The highest BCUT2D eigenvalue weighted by atomic mass is 16.6. The smallest absolute Gasteiger partial charge is 0.120 e. The summed E-state index contributed by atoms with van der Waals surface area (Å²) in [6.07, 6.45) is 7.54. The zero-order chi connectivity index (χ0) is 11.4. The quantitative estimate of drug-likeness (QED) is 0.497. The van der Waals surface area contributed by atoms with Gasteiger partial charge in [-0.15, -0.1) is 0 Å². The number of hydrogen-bond acceptors (Lipinski definition) is 2. The maximum absolute atomic E-state index is 10.6. The molecule has 15 heavy (non-hydrogen) atoms. The number of hydrogen-bond donors (Lipinski definition) is 1. The molecule has 0 saturated carbocycles. The van der Waals surface area contributed by atoms with E-state index in [0.717, 1.165) is 32.3 Å². The fourth-order valence-electron chi connectivity index (χ4n) is 2.46. The van der Waals surface area contributed by atoms with Gasteiger partial charge in [-0.25, -0.2) is 0 Å². The van der Waals surface area contributed by atoms with Crippen molar-refractivity contribution in [2.24, 2.45) is 0 Å². The van der Waals surface area contributed by atoms with Crippen molar-refractivity contribution in [1.82, 2.24) is 0 Å². The first-order valence-corrected chi connectivity index (χ1v) is 6.50. The molecule has 0 aromatic heterocycles. The van der Waals surface area contributed by atoms with E-state index in [1.165, 1.54) is 19.3 Å². The van der Waals surface area contributed by atoms with Crippen molar-refractivity contribution >= 4 is 0 Å². The lowest BCUT2D eigenvalue weighted by Gasteiger charge is -2.33. The first-order chi connectivity index (χ1) is 7.14. The van der Waals surface area contributed by atoms with E-state index in [-0.39, 0.29) is 5.60 Å². The zero-order valence-corrected chi connectivity index (χ0v) is 10.5. The molecule has 90 valence electrons. The molecular formula is C13H26O2. The van der Waals surface area contributed by atoms with Crippen LogP contribution in [0.5, 0.6) is 0 Å². The van der Waals surface area contributed by atoms with Gasteiger partial charge in [-0.1, -0.05) is 46.5 Å². The summed E-state index contributed by atoms with van der Waals surface area (Å²) in [5.74, 6) is 0. The summed E-state index contributed by atoms with van der Waals surface area (Å²) in [5, 5.41) is 10.6. The summed E-state index contributed by atoms with van der Waals surface area (Å²) in [6, 6.07) is 0. The van der Waals surface area contributed by atoms with Crippen LogP contribution in [-0.2, 0) is 4.74 Å². The van der Waals surface area contributed by atoms with Crippen LogP contribution in [0.15, 0.2) is 0 Å². The molecule has 1 fully saturated rings. The van der Waals surface area contributed by atoms with Crippen molar-refractivity contribution in [2.45, 2.75) is 76.9 Å². The molecule has 2 atom stereocenters. The Labute approximate surface area is 94.0 Å². The number of unbranched alkanes of at least 4 members (excludes halogenated alkanes) is 3. The molecule has 0 bridgehead atoms. The van der Waals surface area contributed by atoms with E-state index >= 15 is 0 Å². The molecule has 1 saturated heterocycles. The van der Waals surface area contributed by atoms with Crippen molar-refractivity contribution in [3.8, 4) is 0 Å². The number of ether oxygens (including phenoxy) is 1. The lowest BCUT2D eigenvalue weighted by Crippen LogP contribution is -2.44. The van der Waals surface area contributed by atoms with Crippen LogP contribution in [-0.4, -0.2) is 22.9 Å². The topological polar surface area (TPSA) is 32.8 Å². The molecule has 0 aromatic rings. The Bertz CT molecular complexity index is 187. The van der Waals surface area contributed by atoms with Gasteiger partial charge in [-0.3, -0.25) is 0 Å². The van der Waals surface area contributed by atoms with Crippen LogP contribution >= 0.6 is 0 Å². The number of aliphatic hydroxyl groups is 1. The molecule has 2 nitrogen and oxygen atoms in total. The second-order valence-corrected chi connectivity index (χ2v) is 4.83. The Morgan fingerprint density at radius 1 is 1.20 bits per heavy atom.